The summed E-state index contributed by atoms with van der Waals surface area (Å²) in [5.74, 6) is -20.0. The van der Waals surface area contributed by atoms with Gasteiger partial charge in [-0.25, -0.2) is 76.7 Å². The average molecular weight is 2150 g/mol. The molecule has 732 valence electrons. The number of amides is 2. The molecule has 0 aliphatic heterocycles. The summed E-state index contributed by atoms with van der Waals surface area (Å²) >= 11 is 21.2. The maximum absolute atomic E-state index is 11.6. The Morgan fingerprint density at radius 3 is 1.02 bits per heavy atom. The number of carboxylic acid groups (broad SMARTS) is 11. The van der Waals surface area contributed by atoms with E-state index in [0.717, 1.165) is 176 Å². The van der Waals surface area contributed by atoms with Gasteiger partial charge < -0.3 is 117 Å². The highest BCUT2D eigenvalue weighted by molar-refractivity contribution is 9.12. The van der Waals surface area contributed by atoms with Gasteiger partial charge in [0.15, 0.2) is 17.3 Å². The van der Waals surface area contributed by atoms with Gasteiger partial charge in [-0.2, -0.15) is 21.9 Å². The molecule has 0 spiro atoms. The number of nitrogens with one attached hydrogen (secondary N) is 6. The number of carboxylic acids is 11. The Morgan fingerprint density at radius 1 is 0.364 bits per heavy atom. The lowest BCUT2D eigenvalue weighted by atomic mass is 10.1. The third kappa shape index (κ3) is 118. The van der Waals surface area contributed by atoms with Crippen LogP contribution >= 0.6 is 86.9 Å². The van der Waals surface area contributed by atoms with E-state index in [1.807, 2.05) is 0 Å². The van der Waals surface area contributed by atoms with Crippen molar-refractivity contribution in [3.05, 3.63) is 104 Å². The van der Waals surface area contributed by atoms with Crippen LogP contribution in [0.3, 0.4) is 0 Å². The average Bonchev–Trinajstić information content (AvgIpc) is 1.00. The van der Waals surface area contributed by atoms with Crippen LogP contribution in [0.25, 0.3) is 0 Å². The van der Waals surface area contributed by atoms with Gasteiger partial charge in [-0.3, -0.25) is 19.2 Å². The number of rotatable bonds is 64. The fourth-order valence-electron chi connectivity index (χ4n) is 7.58. The molecular formula is C75H112Br4Cl2N9O39+. The Hall–Kier alpha value is -10.1. The fourth-order valence-corrected chi connectivity index (χ4v) is 8.62. The summed E-state index contributed by atoms with van der Waals surface area (Å²) in [4.78, 5) is 244. The standard InChI is InChI=1S/C15H19Br2NO7.C15H21NO7.C14H18N2O10.C11H13NO7.C8H17BrN2O2.C8H17ClN2O2.C2H3BrO2.C2H3ClO2/c16-10(8-13(20)21)12(19)6-4-2-1-3-5-7-18-25-14(22)9-11(17)15(23)24;17-12(7-8-13(18)19)6-4-2-1-3-5-11-16-23-15(22)10-9-14(20)21;17-10(18)4-6-12(21)25-15-8-2-1-3-9(14(23)24)16-26-13(22)7-5-11(19)20;13-8(3-4-9(14)15)2-1-7-12-19-11(18)6-5-10(16)17;2*9-7-8(12)11(13)6-4-2-1-3-5-10;2*3-1-2(4)5/h8-9,18H,1-7H2,(H,20,21)(H,23,24);7-10,16H,1-6,11H2,(H,18,19)(H,20,21);4-7,9,15-16H,1-3,8H2,(H,17,18)(H,19,20)(H,23,24);3-6,12H,1-2,7H2,(H,14,15)(H,16,17);2*11H,1-7,10H2;2*1H2,(H,4,5)/p+1/b10-8+,11-9+;8-7-,10-9-;6-4-,7-5-;4-3-,6-5-;;;;/t;;9-;;;;;/m..0...../s1. The number of alkyl halides is 4. The van der Waals surface area contributed by atoms with Gasteiger partial charge in [0, 0.05) is 130 Å². The third-order valence-electron chi connectivity index (χ3n) is 13.6. The van der Waals surface area contributed by atoms with Crippen LogP contribution < -0.4 is 59.2 Å². The van der Waals surface area contributed by atoms with Crippen LogP contribution in [0, 0.1) is 10.4 Å². The number of hydrogen-bond acceptors (Lipinski definition) is 34. The highest BCUT2D eigenvalue weighted by Crippen LogP contribution is 2.14. The van der Waals surface area contributed by atoms with Crippen molar-refractivity contribution < 1.29 is 208 Å². The molecule has 23 N–H and O–H groups in total. The van der Waals surface area contributed by atoms with Crippen LogP contribution in [0.4, 0.5) is 0 Å². The minimum atomic E-state index is -1.34. The molecule has 0 aromatic heterocycles. The largest absolute Gasteiger partial charge is 0.627 e. The molecule has 0 aliphatic carbocycles. The molecule has 2 unspecified atom stereocenters. The number of ketones is 3. The molecule has 0 bridgehead atoms. The first-order chi connectivity index (χ1) is 60.8. The van der Waals surface area contributed by atoms with Crippen LogP contribution in [0.15, 0.2) is 94.0 Å². The molecule has 3 atom stereocenters. The van der Waals surface area contributed by atoms with Gasteiger partial charge in [0.25, 0.3) is 0 Å². The fraction of sp³-hybridized carbons (Fsp3) is 0.507. The molecule has 0 saturated heterocycles. The zero-order chi connectivity index (χ0) is 100. The number of aliphatic carboxylic acids is 11. The molecule has 0 heterocycles. The zero-order valence-corrected chi connectivity index (χ0v) is 77.7. The number of carbonyl (C=O) groups excluding carboxylic acids is 12. The number of hydroxylamine groups is 9. The maximum Gasteiger partial charge on any atom is 0.390 e. The number of quaternary nitrogens is 5. The molecule has 0 aromatic rings. The quantitative estimate of drug-likeness (QED) is 0.00997. The van der Waals surface area contributed by atoms with Crippen LogP contribution in [0.5, 0.6) is 0 Å². The monoisotopic (exact) mass is 2150 g/mol. The molecule has 2 amide bonds. The lowest BCUT2D eigenvalue weighted by Crippen LogP contribution is -3.10. The van der Waals surface area contributed by atoms with E-state index >= 15 is 0 Å². The SMILES string of the molecule is O=C(O)/C=C(/Br)C(=O)CCCCCCCNOC(=O)/C=C(/Br)C(=O)O.O=C(O)/C=C\C(=O)CCCCCCCNOC(=O)/C=C\C(=O)O.O=C(O)/C=C\C(=O)CCCNOC(=O)/C=C\C(=O)O.O=C(O)/C=C\C(=O)ONCCCC[C@H]([NH2+]OC(=O)/C=C\C(=O)O)C(=O)O.O=C([O-])CBr.O=C([O-])CCl.[NH3+]CCCCCC[NH+]([O-])C(=O)CBr.[NH3+]CCCCCC[NH+]([O-])C(=O)CCl. The molecule has 0 rings (SSSR count). The van der Waals surface area contributed by atoms with E-state index in [9.17, 15) is 111 Å². The van der Waals surface area contributed by atoms with Gasteiger partial charge in [0.1, 0.15) is 15.7 Å². The summed E-state index contributed by atoms with van der Waals surface area (Å²) in [5.41, 5.74) is 17.7. The summed E-state index contributed by atoms with van der Waals surface area (Å²) in [6, 6.07) is -1.08. The number of unbranched alkanes of at least 4 members (excludes halogenated alkanes) is 15. The molecular weight excluding hydrogens is 2040 g/mol. The third-order valence-corrected chi connectivity index (χ3v) is 16.3. The predicted octanol–water partition coefficient (Wildman–Crippen LogP) is -2.34. The van der Waals surface area contributed by atoms with E-state index < -0.39 is 113 Å². The highest BCUT2D eigenvalue weighted by atomic mass is 79.9. The minimum absolute atomic E-state index is 0.0644. The molecule has 0 fully saturated rings. The highest BCUT2D eigenvalue weighted by Gasteiger charge is 2.23. The zero-order valence-electron chi connectivity index (χ0n) is 69.9. The van der Waals surface area contributed by atoms with Crippen LogP contribution in [0.2, 0.25) is 0 Å². The first-order valence-electron chi connectivity index (χ1n) is 38.4. The van der Waals surface area contributed by atoms with E-state index in [0.29, 0.717) is 95.1 Å². The second-order valence-electron chi connectivity index (χ2n) is 24.4. The van der Waals surface area contributed by atoms with Crippen molar-refractivity contribution in [2.24, 2.45) is 0 Å². The number of halogens is 6. The topological polar surface area (TPSA) is 808 Å². The molecule has 0 radical (unpaired) electrons. The molecule has 48 nitrogen and oxygen atoms in total. The first-order valence-corrected chi connectivity index (χ1v) is 43.3. The van der Waals surface area contributed by atoms with Crippen molar-refractivity contribution in [3.8, 4) is 0 Å². The Labute approximate surface area is 782 Å². The number of carbonyl (C=O) groups is 21. The predicted molar refractivity (Wildman–Crippen MR) is 459 cm³/mol. The first kappa shape index (κ1) is 134. The van der Waals surface area contributed by atoms with E-state index in [-0.39, 0.29) is 91.2 Å². The minimum Gasteiger partial charge on any atom is -0.627 e. The number of allylic oxidation sites excluding steroid dienone is 3. The Kier molecular flexibility index (Phi) is 101. The van der Waals surface area contributed by atoms with Gasteiger partial charge >= 0.3 is 95.4 Å². The van der Waals surface area contributed by atoms with Gasteiger partial charge in [0.05, 0.1) is 48.5 Å². The molecule has 0 aromatic carbocycles. The summed E-state index contributed by atoms with van der Waals surface area (Å²) in [6.45, 7) is 3.90. The Morgan fingerprint density at radius 2 is 0.682 bits per heavy atom. The van der Waals surface area contributed by atoms with Crippen molar-refractivity contribution in [1.82, 2.24) is 21.9 Å². The van der Waals surface area contributed by atoms with Gasteiger partial charge in [-0.1, -0.05) is 70.4 Å². The molecule has 0 saturated carbocycles. The van der Waals surface area contributed by atoms with Gasteiger partial charge in [0.2, 0.25) is 6.04 Å². The van der Waals surface area contributed by atoms with E-state index in [2.05, 4.69) is 133 Å². The number of hydrogen-bond donors (Lipinski definition) is 18. The summed E-state index contributed by atoms with van der Waals surface area (Å²) in [6.07, 6.45) is 28.7. The number of nitrogens with two attached hydrogens (primary N) is 1. The van der Waals surface area contributed by atoms with E-state index in [4.69, 9.17) is 67.5 Å². The summed E-state index contributed by atoms with van der Waals surface area (Å²) in [7, 11) is 0. The van der Waals surface area contributed by atoms with Crippen LogP contribution in [-0.2, 0) is 125 Å². The number of Topliss-reactive ketones (excluding diaryl/α,β-unsaturated/α-hetero) is 1. The van der Waals surface area contributed by atoms with Crippen molar-refractivity contribution in [2.45, 2.75) is 167 Å². The lowest BCUT2D eigenvalue weighted by molar-refractivity contribution is -0.887. The van der Waals surface area contributed by atoms with Crippen molar-refractivity contribution in [2.75, 3.05) is 74.8 Å². The molecule has 0 aliphatic rings. The lowest BCUT2D eigenvalue weighted by Gasteiger charge is -2.17. The molecule has 54 heteroatoms. The van der Waals surface area contributed by atoms with Crippen molar-refractivity contribution >= 4 is 212 Å². The van der Waals surface area contributed by atoms with Crippen molar-refractivity contribution in [3.63, 3.8) is 0 Å². The summed E-state index contributed by atoms with van der Waals surface area (Å²) < 4.78 is -0.228. The second-order valence-corrected chi connectivity index (χ2v) is 27.8. The van der Waals surface area contributed by atoms with Crippen molar-refractivity contribution in [1.29, 1.82) is 0 Å². The second kappa shape index (κ2) is 96.9. The van der Waals surface area contributed by atoms with Gasteiger partial charge in [-0.05, 0) is 140 Å². The Bertz CT molecular complexity index is 3520. The van der Waals surface area contributed by atoms with E-state index in [1.54, 1.807) is 0 Å². The van der Waals surface area contributed by atoms with Crippen LogP contribution in [-0.4, -0.2) is 251 Å². The summed E-state index contributed by atoms with van der Waals surface area (Å²) in [5, 5.41) is 116. The maximum atomic E-state index is 11.6. The van der Waals surface area contributed by atoms with Crippen LogP contribution in [0.1, 0.15) is 161 Å². The Balaban J connectivity index is -0.000000225. The van der Waals surface area contributed by atoms with Gasteiger partial charge in [-0.15, -0.1) is 28.7 Å². The normalized spacial score (nSPS) is 11.4. The molecule has 129 heavy (non-hydrogen) atoms. The smallest absolute Gasteiger partial charge is 0.390 e. The van der Waals surface area contributed by atoms with E-state index in [1.165, 1.54) is 0 Å².